The van der Waals surface area contributed by atoms with Gasteiger partial charge in [0, 0.05) is 30.5 Å². The van der Waals surface area contributed by atoms with E-state index in [0.717, 1.165) is 47.1 Å². The number of terminal acetylenes is 1. The van der Waals surface area contributed by atoms with Crippen LogP contribution in [0.5, 0.6) is 0 Å². The van der Waals surface area contributed by atoms with Crippen LogP contribution >= 0.6 is 0 Å². The fraction of sp³-hybridized carbons (Fsp3) is 0.333. The predicted molar refractivity (Wildman–Crippen MR) is 163 cm³/mol. The average molecular weight is 577 g/mol. The molecule has 3 atom stereocenters. The van der Waals surface area contributed by atoms with Crippen molar-refractivity contribution in [3.8, 4) is 12.3 Å². The number of fused-ring (bicyclic) bond motifs is 3. The Morgan fingerprint density at radius 2 is 2.14 bits per heavy atom. The topological polar surface area (TPSA) is 147 Å². The van der Waals surface area contributed by atoms with Gasteiger partial charge in [0.1, 0.15) is 12.1 Å². The number of carbonyl (C=O) groups excluding carboxylic acids is 1. The maximum Gasteiger partial charge on any atom is 0.229 e. The molecule has 2 aromatic heterocycles. The molecule has 1 amide bonds. The highest BCUT2D eigenvalue weighted by molar-refractivity contribution is 6.82. The molecule has 0 saturated carbocycles. The van der Waals surface area contributed by atoms with Gasteiger partial charge in [-0.3, -0.25) is 4.79 Å². The van der Waals surface area contributed by atoms with E-state index in [1.807, 2.05) is 37.3 Å². The maximum atomic E-state index is 12.0. The lowest BCUT2D eigenvalue weighted by Crippen LogP contribution is -2.44. The highest BCUT2D eigenvalue weighted by Crippen LogP contribution is 2.51. The highest BCUT2D eigenvalue weighted by atomic mass is 28.2. The molecule has 1 aliphatic carbocycles. The molecule has 211 valence electrons. The molecule has 5 N–H and O–H groups in total. The number of rotatable bonds is 7. The fourth-order valence-corrected chi connectivity index (χ4v) is 8.10. The Kier molecular flexibility index (Phi) is 6.11. The molecule has 12 heteroatoms. The lowest BCUT2D eigenvalue weighted by atomic mass is 9.89. The van der Waals surface area contributed by atoms with E-state index in [1.54, 1.807) is 10.9 Å². The standard InChI is InChI=1S/C30H30N9O2Si/c1-3-12-39-23-14-20(10-11-22(23)36-37-39)33-28-32-16-24(38-13-6-8-19(17-38)25(31)40)26(35-28)34-27-30(42-27)21-9-5-4-7-18(21)15-29(30,2)41/h1,4-5,7,9-11,14,16,19,41H,6,8,12-13,15,17H2,2H3,(H2,31,40)(H2,32,33,34,35)/t19-,29-,30?/m0/s1. The van der Waals surface area contributed by atoms with Crippen molar-refractivity contribution >= 4 is 54.5 Å². The smallest absolute Gasteiger partial charge is 0.229 e. The Hall–Kier alpha value is -4.60. The van der Waals surface area contributed by atoms with Crippen LogP contribution in [0.4, 0.5) is 23.1 Å². The quantitative estimate of drug-likeness (QED) is 0.191. The Bertz CT molecular complexity index is 1810. The number of anilines is 4. The number of hydrogen-bond donors (Lipinski definition) is 4. The first-order valence-corrected chi connectivity index (χ1v) is 15.0. The third-order valence-corrected chi connectivity index (χ3v) is 10.5. The van der Waals surface area contributed by atoms with Crippen LogP contribution in [0, 0.1) is 18.3 Å². The minimum absolute atomic E-state index is 0.234. The molecule has 4 aromatic rings. The largest absolute Gasteiger partial charge is 0.389 e. The molecular weight excluding hydrogens is 546 g/mol. The lowest BCUT2D eigenvalue weighted by molar-refractivity contribution is -0.122. The van der Waals surface area contributed by atoms with Gasteiger partial charge in [0.05, 0.1) is 43.1 Å². The van der Waals surface area contributed by atoms with Gasteiger partial charge >= 0.3 is 0 Å². The monoisotopic (exact) mass is 576 g/mol. The first kappa shape index (κ1) is 26.3. The number of piperidine rings is 1. The first-order chi connectivity index (χ1) is 20.3. The van der Waals surface area contributed by atoms with E-state index >= 15 is 0 Å². The number of amides is 1. The van der Waals surface area contributed by atoms with E-state index in [4.69, 9.17) is 17.1 Å². The van der Waals surface area contributed by atoms with Crippen LogP contribution < -0.4 is 21.3 Å². The average Bonchev–Trinajstić information content (AvgIpc) is 3.50. The first-order valence-electron chi connectivity index (χ1n) is 14.0. The normalized spacial score (nSPS) is 24.3. The van der Waals surface area contributed by atoms with Crippen molar-refractivity contribution in [1.29, 1.82) is 0 Å². The Balaban J connectivity index is 1.23. The van der Waals surface area contributed by atoms with Crippen molar-refractivity contribution in [1.82, 2.24) is 25.0 Å². The maximum absolute atomic E-state index is 12.0. The van der Waals surface area contributed by atoms with Crippen LogP contribution in [0.1, 0.15) is 30.9 Å². The van der Waals surface area contributed by atoms with E-state index in [0.29, 0.717) is 40.4 Å². The zero-order chi connectivity index (χ0) is 29.1. The summed E-state index contributed by atoms with van der Waals surface area (Å²) in [6, 6.07) is 13.9. The fourth-order valence-electron chi connectivity index (χ4n) is 6.40. The number of nitrogens with two attached hydrogens (primary N) is 1. The van der Waals surface area contributed by atoms with Crippen molar-refractivity contribution in [3.63, 3.8) is 0 Å². The van der Waals surface area contributed by atoms with Crippen molar-refractivity contribution in [3.05, 3.63) is 59.8 Å². The van der Waals surface area contributed by atoms with Gasteiger partial charge in [0.15, 0.2) is 5.82 Å². The summed E-state index contributed by atoms with van der Waals surface area (Å²) < 4.78 is 1.67. The molecule has 11 nitrogen and oxygen atoms in total. The number of hydrogen-bond acceptors (Lipinski definition) is 9. The van der Waals surface area contributed by atoms with Gasteiger partial charge in [-0.05, 0) is 49.1 Å². The lowest BCUT2D eigenvalue weighted by Gasteiger charge is -2.34. The van der Waals surface area contributed by atoms with Gasteiger partial charge < -0.3 is 26.4 Å². The number of aliphatic hydroxyl groups is 1. The van der Waals surface area contributed by atoms with Gasteiger partial charge in [-0.2, -0.15) is 4.98 Å². The molecule has 2 aliphatic heterocycles. The SMILES string of the molecule is C#CCn1nnc2ccc(Nc3ncc(N4CCC[C@H](C(N)=O)C4)c(NC4=[Si]C45c4ccccc4C[C@]5(C)O)n3)cc21. The van der Waals surface area contributed by atoms with Gasteiger partial charge in [-0.1, -0.05) is 35.4 Å². The van der Waals surface area contributed by atoms with Crippen LogP contribution in [0.2, 0.25) is 0 Å². The van der Waals surface area contributed by atoms with Crippen LogP contribution in [0.25, 0.3) is 11.0 Å². The van der Waals surface area contributed by atoms with Gasteiger partial charge in [-0.25, -0.2) is 9.67 Å². The minimum atomic E-state index is -0.904. The summed E-state index contributed by atoms with van der Waals surface area (Å²) >= 11 is 0. The number of benzene rings is 2. The third kappa shape index (κ3) is 4.24. The molecule has 2 aromatic carbocycles. The van der Waals surface area contributed by atoms with Crippen molar-refractivity contribution in [2.75, 3.05) is 28.6 Å². The molecule has 1 radical (unpaired) electrons. The van der Waals surface area contributed by atoms with E-state index in [2.05, 4.69) is 48.9 Å². The Morgan fingerprint density at radius 1 is 1.29 bits per heavy atom. The van der Waals surface area contributed by atoms with Crippen LogP contribution in [0.15, 0.2) is 48.7 Å². The summed E-state index contributed by atoms with van der Waals surface area (Å²) in [5.74, 6) is 3.09. The van der Waals surface area contributed by atoms with Gasteiger partial charge in [0.25, 0.3) is 0 Å². The number of nitrogens with one attached hydrogen (secondary N) is 2. The summed E-state index contributed by atoms with van der Waals surface area (Å²) in [6.07, 6.45) is 9.49. The van der Waals surface area contributed by atoms with E-state index in [-0.39, 0.29) is 11.8 Å². The number of carbonyl (C=O) groups is 1. The zero-order valence-corrected chi connectivity index (χ0v) is 24.1. The molecule has 7 rings (SSSR count). The molecule has 1 unspecified atom stereocenters. The summed E-state index contributed by atoms with van der Waals surface area (Å²) in [7, 11) is 0.399. The highest BCUT2D eigenvalue weighted by Gasteiger charge is 2.63. The number of primary amides is 1. The minimum Gasteiger partial charge on any atom is -0.389 e. The van der Waals surface area contributed by atoms with Crippen molar-refractivity contribution in [2.24, 2.45) is 11.7 Å². The molecule has 42 heavy (non-hydrogen) atoms. The van der Waals surface area contributed by atoms with Gasteiger partial charge in [-0.15, -0.1) is 11.5 Å². The number of nitrogens with zero attached hydrogens (tertiary/aromatic N) is 6. The van der Waals surface area contributed by atoms with E-state index in [1.165, 1.54) is 11.1 Å². The summed E-state index contributed by atoms with van der Waals surface area (Å²) in [4.78, 5) is 23.7. The molecule has 1 spiro atoms. The molecule has 4 heterocycles. The summed E-state index contributed by atoms with van der Waals surface area (Å²) in [5, 5.41) is 27.4. The molecule has 1 saturated heterocycles. The summed E-state index contributed by atoms with van der Waals surface area (Å²) in [5.41, 5.74) is 10.2. The molecule has 3 aliphatic rings. The second kappa shape index (κ2) is 9.75. The van der Waals surface area contributed by atoms with Crippen molar-refractivity contribution < 1.29 is 9.90 Å². The Morgan fingerprint density at radius 3 is 2.98 bits per heavy atom. The second-order valence-corrected chi connectivity index (χ2v) is 12.9. The third-order valence-electron chi connectivity index (χ3n) is 8.58. The van der Waals surface area contributed by atoms with E-state index in [9.17, 15) is 9.90 Å². The van der Waals surface area contributed by atoms with Crippen molar-refractivity contribution in [2.45, 2.75) is 43.4 Å². The second-order valence-electron chi connectivity index (χ2n) is 11.4. The molecule has 0 bridgehead atoms. The van der Waals surface area contributed by atoms with Gasteiger partial charge in [0.2, 0.25) is 11.9 Å². The van der Waals surface area contributed by atoms with Crippen LogP contribution in [0.3, 0.4) is 0 Å². The van der Waals surface area contributed by atoms with Crippen LogP contribution in [-0.4, -0.2) is 69.1 Å². The number of aromatic nitrogens is 5. The van der Waals surface area contributed by atoms with Crippen LogP contribution in [-0.2, 0) is 22.8 Å². The molecule has 1 fully saturated rings. The predicted octanol–water partition coefficient (Wildman–Crippen LogP) is 1.76. The summed E-state index contributed by atoms with van der Waals surface area (Å²) in [6.45, 7) is 3.50. The molecular formula is C30H30N9O2Si. The van der Waals surface area contributed by atoms with E-state index < -0.39 is 10.6 Å². The Labute approximate surface area is 245 Å². The zero-order valence-electron chi connectivity index (χ0n) is 23.1.